The van der Waals surface area contributed by atoms with Gasteiger partial charge in [0.05, 0.1) is 12.0 Å². The summed E-state index contributed by atoms with van der Waals surface area (Å²) in [6, 6.07) is 14.0. The molecule has 1 saturated carbocycles. The predicted octanol–water partition coefficient (Wildman–Crippen LogP) is 3.53. The molecule has 0 aliphatic heterocycles. The van der Waals surface area contributed by atoms with Gasteiger partial charge in [-0.25, -0.2) is 14.1 Å². The molecule has 0 bridgehead atoms. The van der Waals surface area contributed by atoms with Gasteiger partial charge in [0.25, 0.3) is 0 Å². The van der Waals surface area contributed by atoms with Gasteiger partial charge in [-0.2, -0.15) is 5.10 Å². The molecular weight excluding hydrogens is 331 g/mol. The zero-order valence-corrected chi connectivity index (χ0v) is 14.2. The summed E-state index contributed by atoms with van der Waals surface area (Å²) in [4.78, 5) is 16.8. The fraction of sp³-hybridized carbons (Fsp3) is 0.250. The normalized spacial score (nSPS) is 15.3. The van der Waals surface area contributed by atoms with Crippen LogP contribution < -0.4 is 5.32 Å². The van der Waals surface area contributed by atoms with E-state index in [-0.39, 0.29) is 11.7 Å². The van der Waals surface area contributed by atoms with Gasteiger partial charge in [0.1, 0.15) is 18.5 Å². The summed E-state index contributed by atoms with van der Waals surface area (Å²) >= 11 is 0. The summed E-state index contributed by atoms with van der Waals surface area (Å²) in [7, 11) is 0. The molecule has 2 aromatic carbocycles. The second-order valence-electron chi connectivity index (χ2n) is 6.69. The van der Waals surface area contributed by atoms with Crippen molar-refractivity contribution in [3.8, 4) is 0 Å². The van der Waals surface area contributed by atoms with E-state index in [1.807, 2.05) is 30.3 Å². The van der Waals surface area contributed by atoms with Crippen LogP contribution in [0, 0.1) is 5.82 Å². The molecule has 0 radical (unpaired) electrons. The third kappa shape index (κ3) is 3.10. The number of amides is 1. The molecule has 132 valence electrons. The molecule has 3 aromatic rings. The number of nitrogens with one attached hydrogen (secondary N) is 1. The summed E-state index contributed by atoms with van der Waals surface area (Å²) in [5, 5.41) is 7.07. The van der Waals surface area contributed by atoms with Crippen LogP contribution in [-0.2, 0) is 16.8 Å². The Balaban J connectivity index is 1.48. The van der Waals surface area contributed by atoms with Gasteiger partial charge < -0.3 is 5.32 Å². The van der Waals surface area contributed by atoms with Crippen molar-refractivity contribution in [1.82, 2.24) is 14.8 Å². The molecule has 6 heteroatoms. The molecule has 26 heavy (non-hydrogen) atoms. The van der Waals surface area contributed by atoms with Gasteiger partial charge in [-0.3, -0.25) is 4.79 Å². The number of aromatic nitrogens is 3. The van der Waals surface area contributed by atoms with E-state index in [1.54, 1.807) is 17.1 Å². The van der Waals surface area contributed by atoms with Gasteiger partial charge in [-0.1, -0.05) is 30.7 Å². The van der Waals surface area contributed by atoms with Crippen LogP contribution >= 0.6 is 0 Å². The number of halogens is 1. The Morgan fingerprint density at radius 3 is 2.62 bits per heavy atom. The van der Waals surface area contributed by atoms with E-state index in [0.717, 1.165) is 36.1 Å². The lowest BCUT2D eigenvalue weighted by Gasteiger charge is -2.40. The van der Waals surface area contributed by atoms with Crippen LogP contribution in [-0.4, -0.2) is 20.7 Å². The first-order valence-electron chi connectivity index (χ1n) is 8.65. The second-order valence-corrected chi connectivity index (χ2v) is 6.69. The number of hydrogen-bond acceptors (Lipinski definition) is 3. The first kappa shape index (κ1) is 16.4. The van der Waals surface area contributed by atoms with Crippen molar-refractivity contribution in [2.45, 2.75) is 31.2 Å². The van der Waals surface area contributed by atoms with Crippen LogP contribution in [0.4, 0.5) is 10.1 Å². The average Bonchev–Trinajstić information content (AvgIpc) is 3.09. The minimum atomic E-state index is -0.624. The SMILES string of the molecule is O=C(Nc1ccc(Cn2cncn2)cc1)C1(c2cccc(F)c2)CCC1. The van der Waals surface area contributed by atoms with Crippen LogP contribution in [0.15, 0.2) is 61.2 Å². The lowest BCUT2D eigenvalue weighted by Crippen LogP contribution is -2.46. The maximum absolute atomic E-state index is 13.6. The molecular formula is C20H19FN4O. The third-order valence-corrected chi connectivity index (χ3v) is 5.04. The zero-order chi connectivity index (χ0) is 18.0. The van der Waals surface area contributed by atoms with Crippen LogP contribution in [0.5, 0.6) is 0 Å². The van der Waals surface area contributed by atoms with Crippen molar-refractivity contribution in [1.29, 1.82) is 0 Å². The van der Waals surface area contributed by atoms with E-state index in [1.165, 1.54) is 18.5 Å². The third-order valence-electron chi connectivity index (χ3n) is 5.04. The van der Waals surface area contributed by atoms with Crippen molar-refractivity contribution >= 4 is 11.6 Å². The largest absolute Gasteiger partial charge is 0.325 e. The van der Waals surface area contributed by atoms with Crippen LogP contribution in [0.3, 0.4) is 0 Å². The van der Waals surface area contributed by atoms with Crippen LogP contribution in [0.25, 0.3) is 0 Å². The van der Waals surface area contributed by atoms with Gasteiger partial charge in [-0.05, 0) is 48.2 Å². The van der Waals surface area contributed by atoms with Crippen LogP contribution in [0.2, 0.25) is 0 Å². The second kappa shape index (κ2) is 6.71. The molecule has 1 heterocycles. The number of anilines is 1. The van der Waals surface area contributed by atoms with E-state index in [9.17, 15) is 9.18 Å². The van der Waals surface area contributed by atoms with Crippen molar-refractivity contribution in [3.63, 3.8) is 0 Å². The maximum atomic E-state index is 13.6. The number of rotatable bonds is 5. The summed E-state index contributed by atoms with van der Waals surface area (Å²) in [6.45, 7) is 0.626. The van der Waals surface area contributed by atoms with Gasteiger partial charge >= 0.3 is 0 Å². The minimum absolute atomic E-state index is 0.0709. The zero-order valence-electron chi connectivity index (χ0n) is 14.2. The first-order valence-corrected chi connectivity index (χ1v) is 8.65. The topological polar surface area (TPSA) is 59.8 Å². The Bertz CT molecular complexity index is 902. The van der Waals surface area contributed by atoms with Gasteiger partial charge in [-0.15, -0.1) is 0 Å². The van der Waals surface area contributed by atoms with Gasteiger partial charge in [0, 0.05) is 5.69 Å². The highest BCUT2D eigenvalue weighted by Crippen LogP contribution is 2.44. The quantitative estimate of drug-likeness (QED) is 0.766. The van der Waals surface area contributed by atoms with Gasteiger partial charge in [0.2, 0.25) is 5.91 Å². The molecule has 1 fully saturated rings. The predicted molar refractivity (Wildman–Crippen MR) is 96.1 cm³/mol. The molecule has 1 aromatic heterocycles. The Labute approximate surface area is 150 Å². The molecule has 1 amide bonds. The Kier molecular flexibility index (Phi) is 4.24. The van der Waals surface area contributed by atoms with E-state index < -0.39 is 5.41 Å². The Hall–Kier alpha value is -3.02. The summed E-state index contributed by atoms with van der Waals surface area (Å²) < 4.78 is 15.3. The fourth-order valence-corrected chi connectivity index (χ4v) is 3.41. The standard InChI is InChI=1S/C20H19FN4O/c21-17-4-1-3-16(11-17)20(9-2-10-20)19(26)24-18-7-5-15(6-8-18)12-25-14-22-13-23-25/h1,3-8,11,13-14H,2,9-10,12H2,(H,24,26). The molecule has 4 rings (SSSR count). The van der Waals surface area contributed by atoms with Crippen molar-refractivity contribution < 1.29 is 9.18 Å². The van der Waals surface area contributed by atoms with E-state index in [0.29, 0.717) is 6.54 Å². The lowest BCUT2D eigenvalue weighted by molar-refractivity contribution is -0.124. The van der Waals surface area contributed by atoms with Gasteiger partial charge in [0.15, 0.2) is 0 Å². The van der Waals surface area contributed by atoms with Crippen LogP contribution in [0.1, 0.15) is 30.4 Å². The fourth-order valence-electron chi connectivity index (χ4n) is 3.41. The molecule has 0 unspecified atom stereocenters. The number of carbonyl (C=O) groups is 1. The molecule has 0 spiro atoms. The number of nitrogens with zero attached hydrogens (tertiary/aromatic N) is 3. The Morgan fingerprint density at radius 1 is 1.19 bits per heavy atom. The Morgan fingerprint density at radius 2 is 2.00 bits per heavy atom. The molecule has 0 atom stereocenters. The minimum Gasteiger partial charge on any atom is -0.325 e. The smallest absolute Gasteiger partial charge is 0.235 e. The summed E-state index contributed by atoms with van der Waals surface area (Å²) in [5.74, 6) is -0.377. The number of benzene rings is 2. The molecule has 5 nitrogen and oxygen atoms in total. The molecule has 1 aliphatic rings. The molecule has 1 N–H and O–H groups in total. The summed E-state index contributed by atoms with van der Waals surface area (Å²) in [6.07, 6.45) is 5.62. The monoisotopic (exact) mass is 350 g/mol. The first-order chi connectivity index (χ1) is 12.7. The highest BCUT2D eigenvalue weighted by atomic mass is 19.1. The highest BCUT2D eigenvalue weighted by Gasteiger charge is 2.45. The number of hydrogen-bond donors (Lipinski definition) is 1. The van der Waals surface area contributed by atoms with Crippen molar-refractivity contribution in [2.75, 3.05) is 5.32 Å². The van der Waals surface area contributed by atoms with E-state index >= 15 is 0 Å². The average molecular weight is 350 g/mol. The maximum Gasteiger partial charge on any atom is 0.235 e. The molecule has 1 aliphatic carbocycles. The lowest BCUT2D eigenvalue weighted by atomic mass is 9.63. The van der Waals surface area contributed by atoms with E-state index in [2.05, 4.69) is 15.4 Å². The summed E-state index contributed by atoms with van der Waals surface area (Å²) in [5.41, 5.74) is 1.93. The van der Waals surface area contributed by atoms with Crippen molar-refractivity contribution in [3.05, 3.63) is 78.1 Å². The highest BCUT2D eigenvalue weighted by molar-refractivity contribution is 5.99. The van der Waals surface area contributed by atoms with E-state index in [4.69, 9.17) is 0 Å². The van der Waals surface area contributed by atoms with Crippen molar-refractivity contribution in [2.24, 2.45) is 0 Å². The number of carbonyl (C=O) groups excluding carboxylic acids is 1. The molecule has 0 saturated heterocycles.